The molecule has 72 heavy (non-hydrogen) atoms. The third-order valence-electron chi connectivity index (χ3n) is 11.6. The van der Waals surface area contributed by atoms with E-state index in [9.17, 15) is 28.8 Å². The van der Waals surface area contributed by atoms with Gasteiger partial charge in [0.05, 0.1) is 28.9 Å². The van der Waals surface area contributed by atoms with E-state index in [1.54, 1.807) is 103 Å². The molecule has 372 valence electrons. The summed E-state index contributed by atoms with van der Waals surface area (Å²) in [4.78, 5) is 82.3. The predicted molar refractivity (Wildman–Crippen MR) is 266 cm³/mol. The van der Waals surface area contributed by atoms with Gasteiger partial charge in [0.1, 0.15) is 24.5 Å². The molecule has 0 unspecified atom stereocenters. The van der Waals surface area contributed by atoms with Crippen molar-refractivity contribution in [2.24, 2.45) is 0 Å². The third-order valence-corrected chi connectivity index (χ3v) is 11.6. The first kappa shape index (κ1) is 51.5. The van der Waals surface area contributed by atoms with Crippen molar-refractivity contribution in [3.05, 3.63) is 203 Å². The zero-order valence-electron chi connectivity index (χ0n) is 40.1. The number of esters is 4. The molecular weight excluding hydrogens is 921 g/mol. The first-order valence-electron chi connectivity index (χ1n) is 23.8. The Labute approximate surface area is 417 Å². The lowest BCUT2D eigenvalue weighted by molar-refractivity contribution is -0.284. The van der Waals surface area contributed by atoms with Gasteiger partial charge in [-0.05, 0) is 91.6 Å². The van der Waals surface area contributed by atoms with Gasteiger partial charge >= 0.3 is 30.0 Å². The Kier molecular flexibility index (Phi) is 18.3. The highest BCUT2D eigenvalue weighted by molar-refractivity contribution is 5.95. The molecule has 0 radical (unpaired) electrons. The van der Waals surface area contributed by atoms with Gasteiger partial charge in [0, 0.05) is 17.7 Å². The molecular formula is C57H56N2O13. The van der Waals surface area contributed by atoms with Crippen LogP contribution in [0.25, 0.3) is 0 Å². The molecule has 15 nitrogen and oxygen atoms in total. The van der Waals surface area contributed by atoms with Crippen molar-refractivity contribution in [3.63, 3.8) is 0 Å². The molecule has 0 aromatic heterocycles. The van der Waals surface area contributed by atoms with E-state index in [1.807, 2.05) is 38.1 Å². The standard InChI is InChI=1S/C57H56N2O13/c1-4-6-34-66-57(65)58-36-47(60)59-45-28-19-29-46(44(45)35-39-32-30-38(5-2)31-33-39)68-56-51(71-55(64)43-26-17-10-18-27-43)50(70-54(63)42-24-15-9-16-25-42)49(69-53(62)41-22-13-8-14-23-41)48(72-56)37(3)67-52(61)40-20-11-7-12-21-40/h7-33,37,48-51,56H,4-6,34-36H2,1-3H3,(H,58,65)(H,59,60)/t37-,48-,49-,50+,51-,56-/m1/s1. The largest absolute Gasteiger partial charge is 0.460 e. The number of carbonyl (C=O) groups excluding carboxylic acids is 6. The van der Waals surface area contributed by atoms with E-state index >= 15 is 0 Å². The molecule has 2 amide bonds. The summed E-state index contributed by atoms with van der Waals surface area (Å²) in [5, 5.41) is 5.35. The second kappa shape index (κ2) is 25.5. The Hall–Kier alpha value is -8.30. The third kappa shape index (κ3) is 13.9. The SMILES string of the molecule is CCCCOC(=O)NCC(=O)Nc1cccc(O[C@@H]2O[C@H]([C@@H](C)OC(=O)c3ccccc3)[C@@H](OC(=O)c3ccccc3)[C@H](OC(=O)c3ccccc3)[C@H]2OC(=O)c2ccccc2)c1Cc1ccc(CC)cc1. The highest BCUT2D eigenvalue weighted by atomic mass is 16.7. The summed E-state index contributed by atoms with van der Waals surface area (Å²) in [6, 6.07) is 45.1. The number of rotatable bonds is 20. The van der Waals surface area contributed by atoms with E-state index in [-0.39, 0.29) is 41.0 Å². The van der Waals surface area contributed by atoms with Gasteiger partial charge in [-0.2, -0.15) is 0 Å². The van der Waals surface area contributed by atoms with Gasteiger partial charge in [-0.15, -0.1) is 0 Å². The van der Waals surface area contributed by atoms with Crippen molar-refractivity contribution in [3.8, 4) is 5.75 Å². The van der Waals surface area contributed by atoms with Gasteiger partial charge in [0.25, 0.3) is 0 Å². The molecule has 1 fully saturated rings. The van der Waals surface area contributed by atoms with Crippen molar-refractivity contribution in [2.75, 3.05) is 18.5 Å². The van der Waals surface area contributed by atoms with Crippen LogP contribution in [0.3, 0.4) is 0 Å². The lowest BCUT2D eigenvalue weighted by Gasteiger charge is -2.45. The molecule has 6 aromatic rings. The highest BCUT2D eigenvalue weighted by Gasteiger charge is 2.56. The maximum absolute atomic E-state index is 14.3. The molecule has 6 aromatic carbocycles. The van der Waals surface area contributed by atoms with Gasteiger partial charge in [0.15, 0.2) is 12.2 Å². The smallest absolute Gasteiger partial charge is 0.407 e. The quantitative estimate of drug-likeness (QED) is 0.0418. The average molecular weight is 977 g/mol. The fraction of sp³-hybridized carbons (Fsp3) is 0.263. The van der Waals surface area contributed by atoms with Crippen molar-refractivity contribution in [2.45, 2.75) is 83.3 Å². The molecule has 1 heterocycles. The topological polar surface area (TPSA) is 191 Å². The van der Waals surface area contributed by atoms with Crippen molar-refractivity contribution < 1.29 is 61.9 Å². The number of unbranched alkanes of at least 4 members (excludes halogenated alkanes) is 1. The van der Waals surface area contributed by atoms with Crippen LogP contribution in [0.5, 0.6) is 5.75 Å². The molecule has 7 rings (SSSR count). The van der Waals surface area contributed by atoms with Crippen molar-refractivity contribution >= 4 is 41.6 Å². The summed E-state index contributed by atoms with van der Waals surface area (Å²) >= 11 is 0. The molecule has 1 saturated heterocycles. The fourth-order valence-electron chi connectivity index (χ4n) is 7.78. The molecule has 0 aliphatic carbocycles. The van der Waals surface area contributed by atoms with Gasteiger partial charge in [-0.3, -0.25) is 4.79 Å². The Morgan fingerprint density at radius 2 is 1.07 bits per heavy atom. The Balaban J connectivity index is 1.34. The van der Waals surface area contributed by atoms with Crippen LogP contribution in [0.15, 0.2) is 164 Å². The normalized spacial score (nSPS) is 17.5. The Morgan fingerprint density at radius 3 is 1.60 bits per heavy atom. The van der Waals surface area contributed by atoms with E-state index in [1.165, 1.54) is 43.3 Å². The fourth-order valence-corrected chi connectivity index (χ4v) is 7.78. The molecule has 6 atom stereocenters. The maximum atomic E-state index is 14.3. The minimum atomic E-state index is -1.70. The summed E-state index contributed by atoms with van der Waals surface area (Å²) in [5.41, 5.74) is 3.25. The molecule has 15 heteroatoms. The van der Waals surface area contributed by atoms with Crippen LogP contribution in [0.1, 0.15) is 91.7 Å². The second-order valence-corrected chi connectivity index (χ2v) is 16.8. The molecule has 0 bridgehead atoms. The predicted octanol–water partition coefficient (Wildman–Crippen LogP) is 9.33. The number of ether oxygens (including phenoxy) is 7. The van der Waals surface area contributed by atoms with Gasteiger partial charge < -0.3 is 43.8 Å². The number of amides is 2. The van der Waals surface area contributed by atoms with Gasteiger partial charge in [0.2, 0.25) is 18.3 Å². The van der Waals surface area contributed by atoms with Crippen molar-refractivity contribution in [1.82, 2.24) is 5.32 Å². The summed E-state index contributed by atoms with van der Waals surface area (Å²) in [6.07, 6.45) is -7.73. The zero-order valence-corrected chi connectivity index (χ0v) is 40.1. The zero-order chi connectivity index (χ0) is 50.8. The van der Waals surface area contributed by atoms with Crippen LogP contribution in [0, 0.1) is 0 Å². The molecule has 0 saturated carbocycles. The lowest BCUT2D eigenvalue weighted by atomic mass is 9.94. The highest BCUT2D eigenvalue weighted by Crippen LogP contribution is 2.37. The summed E-state index contributed by atoms with van der Waals surface area (Å²) in [5.74, 6) is -3.78. The summed E-state index contributed by atoms with van der Waals surface area (Å²) in [7, 11) is 0. The number of alkyl carbamates (subject to hydrolysis) is 1. The number of anilines is 1. The van der Waals surface area contributed by atoms with Gasteiger partial charge in [-0.25, -0.2) is 24.0 Å². The number of hydrogen-bond donors (Lipinski definition) is 2. The number of benzene rings is 6. The second-order valence-electron chi connectivity index (χ2n) is 16.8. The van der Waals surface area contributed by atoms with Crippen LogP contribution < -0.4 is 15.4 Å². The molecule has 1 aliphatic heterocycles. The van der Waals surface area contributed by atoms with Crippen LogP contribution >= 0.6 is 0 Å². The molecule has 2 N–H and O–H groups in total. The monoisotopic (exact) mass is 976 g/mol. The van der Waals surface area contributed by atoms with E-state index < -0.39 is 79.2 Å². The maximum Gasteiger partial charge on any atom is 0.407 e. The minimum absolute atomic E-state index is 0.117. The lowest BCUT2D eigenvalue weighted by Crippen LogP contribution is -2.65. The van der Waals surface area contributed by atoms with Crippen LogP contribution in [0.2, 0.25) is 0 Å². The summed E-state index contributed by atoms with van der Waals surface area (Å²) < 4.78 is 43.7. The van der Waals surface area contributed by atoms with Crippen LogP contribution in [-0.2, 0) is 46.1 Å². The first-order valence-corrected chi connectivity index (χ1v) is 23.8. The van der Waals surface area contributed by atoms with Crippen molar-refractivity contribution in [1.29, 1.82) is 0 Å². The molecule has 0 spiro atoms. The van der Waals surface area contributed by atoms with Gasteiger partial charge in [-0.1, -0.05) is 123 Å². The van der Waals surface area contributed by atoms with E-state index in [4.69, 9.17) is 33.2 Å². The Bertz CT molecular complexity index is 2760. The number of carbonyl (C=O) groups is 6. The Morgan fingerprint density at radius 1 is 0.569 bits per heavy atom. The van der Waals surface area contributed by atoms with E-state index in [2.05, 4.69) is 10.6 Å². The van der Waals surface area contributed by atoms with E-state index in [0.717, 1.165) is 24.0 Å². The molecule has 1 aliphatic rings. The van der Waals surface area contributed by atoms with Crippen LogP contribution in [0.4, 0.5) is 10.5 Å². The number of aryl methyl sites for hydroxylation is 1. The number of nitrogens with one attached hydrogen (secondary N) is 2. The first-order chi connectivity index (χ1) is 35.0. The minimum Gasteiger partial charge on any atom is -0.460 e. The average Bonchev–Trinajstić information content (AvgIpc) is 3.41. The van der Waals surface area contributed by atoms with Crippen LogP contribution in [-0.4, -0.2) is 85.8 Å². The summed E-state index contributed by atoms with van der Waals surface area (Å²) in [6.45, 7) is 5.31. The number of hydrogen-bond acceptors (Lipinski definition) is 13. The van der Waals surface area contributed by atoms with E-state index in [0.29, 0.717) is 17.7 Å².